The lowest BCUT2D eigenvalue weighted by atomic mass is 10.1. The number of anilines is 2. The van der Waals surface area contributed by atoms with E-state index in [9.17, 15) is 0 Å². The molecule has 0 atom stereocenters. The highest BCUT2D eigenvalue weighted by atomic mass is 32.1. The summed E-state index contributed by atoms with van der Waals surface area (Å²) in [4.78, 5) is 14.0. The predicted molar refractivity (Wildman–Crippen MR) is 93.1 cm³/mol. The Morgan fingerprint density at radius 2 is 2.09 bits per heavy atom. The Kier molecular flexibility index (Phi) is 4.13. The molecule has 1 aliphatic carbocycles. The Hall–Kier alpha value is -1.73. The quantitative estimate of drug-likeness (QED) is 0.780. The van der Waals surface area contributed by atoms with Crippen molar-refractivity contribution in [3.05, 3.63) is 27.3 Å². The van der Waals surface area contributed by atoms with E-state index < -0.39 is 0 Å². The number of nitrogens with zero attached hydrogens (tertiary/aromatic N) is 3. The topological polar surface area (TPSA) is 74.8 Å². The van der Waals surface area contributed by atoms with E-state index in [4.69, 9.17) is 9.97 Å². The molecule has 122 valence electrons. The predicted octanol–water partition coefficient (Wildman–Crippen LogP) is 2.12. The fourth-order valence-electron chi connectivity index (χ4n) is 2.83. The van der Waals surface area contributed by atoms with Crippen LogP contribution in [0, 0.1) is 6.92 Å². The van der Waals surface area contributed by atoms with Crippen molar-refractivity contribution in [1.82, 2.24) is 20.3 Å². The van der Waals surface area contributed by atoms with Gasteiger partial charge in [0, 0.05) is 30.0 Å². The van der Waals surface area contributed by atoms with Crippen LogP contribution in [0.2, 0.25) is 0 Å². The zero-order chi connectivity index (χ0) is 15.6. The molecule has 0 saturated heterocycles. The lowest BCUT2D eigenvalue weighted by Crippen LogP contribution is -2.16. The molecule has 2 aromatic rings. The molecule has 0 amide bonds. The van der Waals surface area contributed by atoms with Crippen LogP contribution in [-0.2, 0) is 19.4 Å². The summed E-state index contributed by atoms with van der Waals surface area (Å²) >= 11 is 1.69. The summed E-state index contributed by atoms with van der Waals surface area (Å²) in [6.45, 7) is 4.71. The van der Waals surface area contributed by atoms with Crippen LogP contribution in [-0.4, -0.2) is 34.1 Å². The SMILES string of the molecule is Cc1nc(CNc2nc(NC3CC3)nc3c2CCNCC3)cs1. The Bertz CT molecular complexity index is 694. The highest BCUT2D eigenvalue weighted by Gasteiger charge is 2.24. The van der Waals surface area contributed by atoms with Crippen molar-refractivity contribution in [3.63, 3.8) is 0 Å². The van der Waals surface area contributed by atoms with Crippen LogP contribution in [0.25, 0.3) is 0 Å². The Morgan fingerprint density at radius 1 is 1.22 bits per heavy atom. The standard InChI is InChI=1S/C16H22N6S/c1-10-19-12(9-23-10)8-18-15-13-4-6-17-7-5-14(13)21-16(22-15)20-11-2-3-11/h9,11,17H,2-8H2,1H3,(H2,18,20,21,22). The highest BCUT2D eigenvalue weighted by molar-refractivity contribution is 7.09. The molecule has 6 nitrogen and oxygen atoms in total. The van der Waals surface area contributed by atoms with Gasteiger partial charge in [-0.2, -0.15) is 4.98 Å². The van der Waals surface area contributed by atoms with E-state index in [2.05, 4.69) is 26.3 Å². The van der Waals surface area contributed by atoms with Gasteiger partial charge in [-0.05, 0) is 32.7 Å². The highest BCUT2D eigenvalue weighted by Crippen LogP contribution is 2.26. The summed E-state index contributed by atoms with van der Waals surface area (Å²) in [6, 6.07) is 0.561. The van der Waals surface area contributed by atoms with Gasteiger partial charge in [-0.15, -0.1) is 11.3 Å². The first-order chi connectivity index (χ1) is 11.3. The maximum atomic E-state index is 4.76. The zero-order valence-corrected chi connectivity index (χ0v) is 14.2. The molecular formula is C16H22N6S. The third kappa shape index (κ3) is 3.61. The largest absolute Gasteiger partial charge is 0.364 e. The molecular weight excluding hydrogens is 308 g/mol. The summed E-state index contributed by atoms with van der Waals surface area (Å²) in [5.41, 5.74) is 3.50. The Labute approximate surface area is 140 Å². The van der Waals surface area contributed by atoms with Gasteiger partial charge in [-0.3, -0.25) is 0 Å². The molecule has 4 rings (SSSR count). The fourth-order valence-corrected chi connectivity index (χ4v) is 3.44. The summed E-state index contributed by atoms with van der Waals surface area (Å²) in [5.74, 6) is 1.73. The maximum absolute atomic E-state index is 4.76. The molecule has 1 fully saturated rings. The van der Waals surface area contributed by atoms with Crippen LogP contribution >= 0.6 is 11.3 Å². The zero-order valence-electron chi connectivity index (χ0n) is 13.4. The van der Waals surface area contributed by atoms with Gasteiger partial charge in [0.2, 0.25) is 5.95 Å². The third-order valence-corrected chi connectivity index (χ3v) is 5.02. The van der Waals surface area contributed by atoms with Crippen LogP contribution in [0.5, 0.6) is 0 Å². The number of nitrogens with one attached hydrogen (secondary N) is 3. The molecule has 2 aromatic heterocycles. The molecule has 3 N–H and O–H groups in total. The number of fused-ring (bicyclic) bond motifs is 1. The molecule has 3 heterocycles. The number of rotatable bonds is 5. The average molecular weight is 330 g/mol. The Balaban J connectivity index is 1.59. The van der Waals surface area contributed by atoms with Crippen molar-refractivity contribution in [2.24, 2.45) is 0 Å². The van der Waals surface area contributed by atoms with Crippen LogP contribution < -0.4 is 16.0 Å². The van der Waals surface area contributed by atoms with Gasteiger partial charge in [0.15, 0.2) is 0 Å². The second kappa shape index (κ2) is 6.41. The average Bonchev–Trinajstić information content (AvgIpc) is 3.30. The van der Waals surface area contributed by atoms with Crippen molar-refractivity contribution in [2.45, 2.75) is 45.2 Å². The minimum atomic E-state index is 0.561. The van der Waals surface area contributed by atoms with Crippen molar-refractivity contribution in [3.8, 4) is 0 Å². The van der Waals surface area contributed by atoms with E-state index in [1.54, 1.807) is 11.3 Å². The molecule has 7 heteroatoms. The minimum absolute atomic E-state index is 0.561. The van der Waals surface area contributed by atoms with Gasteiger partial charge in [0.05, 0.1) is 22.9 Å². The lowest BCUT2D eigenvalue weighted by Gasteiger charge is -2.14. The molecule has 0 spiro atoms. The van der Waals surface area contributed by atoms with Gasteiger partial charge in [-0.1, -0.05) is 0 Å². The number of aromatic nitrogens is 3. The first-order valence-electron chi connectivity index (χ1n) is 8.30. The molecule has 0 bridgehead atoms. The molecule has 1 aliphatic heterocycles. The van der Waals surface area contributed by atoms with Crippen molar-refractivity contribution >= 4 is 23.1 Å². The number of hydrogen-bond donors (Lipinski definition) is 3. The van der Waals surface area contributed by atoms with E-state index >= 15 is 0 Å². The van der Waals surface area contributed by atoms with Gasteiger partial charge >= 0.3 is 0 Å². The van der Waals surface area contributed by atoms with Crippen LogP contribution in [0.4, 0.5) is 11.8 Å². The van der Waals surface area contributed by atoms with Crippen molar-refractivity contribution < 1.29 is 0 Å². The van der Waals surface area contributed by atoms with Gasteiger partial charge in [-0.25, -0.2) is 9.97 Å². The third-order valence-electron chi connectivity index (χ3n) is 4.20. The van der Waals surface area contributed by atoms with Crippen LogP contribution in [0.3, 0.4) is 0 Å². The van der Waals surface area contributed by atoms with Gasteiger partial charge in [0.25, 0.3) is 0 Å². The summed E-state index contributed by atoms with van der Waals surface area (Å²) in [5, 5.41) is 13.6. The maximum Gasteiger partial charge on any atom is 0.225 e. The van der Waals surface area contributed by atoms with Crippen LogP contribution in [0.1, 0.15) is 34.8 Å². The summed E-state index contributed by atoms with van der Waals surface area (Å²) in [6.07, 6.45) is 4.38. The van der Waals surface area contributed by atoms with Crippen LogP contribution in [0.15, 0.2) is 5.38 Å². The Morgan fingerprint density at radius 3 is 2.87 bits per heavy atom. The first kappa shape index (κ1) is 14.8. The first-order valence-corrected chi connectivity index (χ1v) is 9.18. The van der Waals surface area contributed by atoms with Crippen molar-refractivity contribution in [1.29, 1.82) is 0 Å². The van der Waals surface area contributed by atoms with E-state index in [1.807, 2.05) is 6.92 Å². The number of aryl methyl sites for hydroxylation is 1. The van der Waals surface area contributed by atoms with Gasteiger partial charge in [0.1, 0.15) is 5.82 Å². The number of thiazole rings is 1. The molecule has 2 aliphatic rings. The van der Waals surface area contributed by atoms with Crippen molar-refractivity contribution in [2.75, 3.05) is 23.7 Å². The molecule has 1 saturated carbocycles. The summed E-state index contributed by atoms with van der Waals surface area (Å²) in [7, 11) is 0. The fraction of sp³-hybridized carbons (Fsp3) is 0.562. The van der Waals surface area contributed by atoms with E-state index in [0.717, 1.165) is 48.4 Å². The number of hydrogen-bond acceptors (Lipinski definition) is 7. The monoisotopic (exact) mass is 330 g/mol. The van der Waals surface area contributed by atoms with E-state index in [1.165, 1.54) is 24.1 Å². The second-order valence-electron chi connectivity index (χ2n) is 6.20. The van der Waals surface area contributed by atoms with Gasteiger partial charge < -0.3 is 16.0 Å². The summed E-state index contributed by atoms with van der Waals surface area (Å²) < 4.78 is 0. The smallest absolute Gasteiger partial charge is 0.225 e. The van der Waals surface area contributed by atoms with E-state index in [0.29, 0.717) is 12.6 Å². The molecule has 0 radical (unpaired) electrons. The molecule has 0 unspecified atom stereocenters. The molecule has 23 heavy (non-hydrogen) atoms. The van der Waals surface area contributed by atoms with E-state index in [-0.39, 0.29) is 0 Å². The minimum Gasteiger partial charge on any atom is -0.364 e. The lowest BCUT2D eigenvalue weighted by molar-refractivity contribution is 0.708. The second-order valence-corrected chi connectivity index (χ2v) is 7.26. The molecule has 0 aromatic carbocycles. The normalized spacial score (nSPS) is 17.4.